The van der Waals surface area contributed by atoms with Crippen LogP contribution in [0.1, 0.15) is 10.4 Å². The molecule has 0 unspecified atom stereocenters. The Hall–Kier alpha value is -2.58. The lowest BCUT2D eigenvalue weighted by Crippen LogP contribution is -2.35. The van der Waals surface area contributed by atoms with Crippen LogP contribution in [-0.4, -0.2) is 34.9 Å². The van der Waals surface area contributed by atoms with E-state index in [2.05, 4.69) is 5.32 Å². The second-order valence-electron chi connectivity index (χ2n) is 3.70. The lowest BCUT2D eigenvalue weighted by atomic mass is 10.1. The second-order valence-corrected chi connectivity index (χ2v) is 3.70. The fourth-order valence-corrected chi connectivity index (χ4v) is 1.68. The Kier molecular flexibility index (Phi) is 3.11. The molecule has 3 amide bonds. The molecule has 1 aromatic rings. The van der Waals surface area contributed by atoms with E-state index < -0.39 is 39.7 Å². The van der Waals surface area contributed by atoms with Gasteiger partial charge in [-0.1, -0.05) is 0 Å². The Bertz CT molecular complexity index is 590. The smallest absolute Gasteiger partial charge is 0.324 e. The number of carbonyl (C=O) groups is 2. The number of urea groups is 1. The van der Waals surface area contributed by atoms with Gasteiger partial charge in [0.15, 0.2) is 0 Å². The number of amides is 3. The molecule has 0 aliphatic carbocycles. The third-order valence-electron chi connectivity index (χ3n) is 2.58. The largest absolute Gasteiger partial charge is 0.336 e. The van der Waals surface area contributed by atoms with Gasteiger partial charge in [-0.25, -0.2) is 9.18 Å². The van der Waals surface area contributed by atoms with Crippen LogP contribution in [0.25, 0.3) is 0 Å². The van der Waals surface area contributed by atoms with Gasteiger partial charge in [0.1, 0.15) is 11.4 Å². The van der Waals surface area contributed by atoms with Gasteiger partial charge in [0, 0.05) is 19.2 Å². The molecule has 1 N–H and O–H groups in total. The number of carbonyl (C=O) groups excluding carboxylic acids is 2. The maximum atomic E-state index is 13.8. The first-order valence-electron chi connectivity index (χ1n) is 5.15. The summed E-state index contributed by atoms with van der Waals surface area (Å²) in [5.74, 6) is -4.09. The monoisotopic (exact) mass is 271 g/mol. The van der Waals surface area contributed by atoms with Gasteiger partial charge in [-0.05, 0) is 6.07 Å². The van der Waals surface area contributed by atoms with E-state index in [1.165, 1.54) is 0 Å². The number of rotatable bonds is 2. The summed E-state index contributed by atoms with van der Waals surface area (Å²) in [6.07, 6.45) is 0. The number of hydrogen-bond acceptors (Lipinski definition) is 4. The van der Waals surface area contributed by atoms with Gasteiger partial charge in [-0.15, -0.1) is 0 Å². The summed E-state index contributed by atoms with van der Waals surface area (Å²) in [6.45, 7) is 0.0992. The van der Waals surface area contributed by atoms with Crippen LogP contribution in [-0.2, 0) is 0 Å². The number of nitrogens with one attached hydrogen (secondary N) is 1. The van der Waals surface area contributed by atoms with E-state index in [1.807, 2.05) is 0 Å². The molecule has 1 aliphatic rings. The summed E-state index contributed by atoms with van der Waals surface area (Å²) >= 11 is 0. The average molecular weight is 271 g/mol. The summed E-state index contributed by atoms with van der Waals surface area (Å²) in [6, 6.07) is 0.434. The maximum absolute atomic E-state index is 13.8. The van der Waals surface area contributed by atoms with Crippen LogP contribution in [0.4, 0.5) is 19.3 Å². The molecule has 0 atom stereocenters. The van der Waals surface area contributed by atoms with Crippen LogP contribution < -0.4 is 5.32 Å². The predicted molar refractivity (Wildman–Crippen MR) is 57.4 cm³/mol. The van der Waals surface area contributed by atoms with Gasteiger partial charge >= 0.3 is 11.7 Å². The number of imide groups is 1. The van der Waals surface area contributed by atoms with Crippen molar-refractivity contribution in [2.75, 3.05) is 13.1 Å². The fraction of sp³-hybridized carbons (Fsp3) is 0.200. The highest BCUT2D eigenvalue weighted by molar-refractivity contribution is 6.05. The summed E-state index contributed by atoms with van der Waals surface area (Å²) in [7, 11) is 0. The molecule has 0 bridgehead atoms. The highest BCUT2D eigenvalue weighted by Crippen LogP contribution is 2.24. The highest BCUT2D eigenvalue weighted by atomic mass is 19.1. The Morgan fingerprint density at radius 2 is 2.11 bits per heavy atom. The topological polar surface area (TPSA) is 92.6 Å². The minimum absolute atomic E-state index is 0.0563. The summed E-state index contributed by atoms with van der Waals surface area (Å²) in [4.78, 5) is 33.1. The van der Waals surface area contributed by atoms with Crippen molar-refractivity contribution in [2.45, 2.75) is 0 Å². The molecule has 19 heavy (non-hydrogen) atoms. The van der Waals surface area contributed by atoms with Crippen LogP contribution in [0.5, 0.6) is 0 Å². The molecule has 1 saturated heterocycles. The summed E-state index contributed by atoms with van der Waals surface area (Å²) in [5, 5.41) is 12.8. The van der Waals surface area contributed by atoms with Gasteiger partial charge in [0.2, 0.25) is 5.82 Å². The van der Waals surface area contributed by atoms with Crippen LogP contribution in [0, 0.1) is 21.7 Å². The molecule has 0 aromatic heterocycles. The van der Waals surface area contributed by atoms with Crippen molar-refractivity contribution < 1.29 is 23.3 Å². The van der Waals surface area contributed by atoms with Crippen molar-refractivity contribution in [3.8, 4) is 0 Å². The van der Waals surface area contributed by atoms with E-state index >= 15 is 0 Å². The molecular weight excluding hydrogens is 264 g/mol. The zero-order valence-corrected chi connectivity index (χ0v) is 9.35. The Morgan fingerprint density at radius 3 is 2.63 bits per heavy atom. The van der Waals surface area contributed by atoms with Gasteiger partial charge in [0.05, 0.1) is 4.92 Å². The zero-order valence-electron chi connectivity index (χ0n) is 9.35. The van der Waals surface area contributed by atoms with Crippen molar-refractivity contribution in [1.82, 2.24) is 10.2 Å². The highest BCUT2D eigenvalue weighted by Gasteiger charge is 2.34. The molecule has 0 spiro atoms. The summed E-state index contributed by atoms with van der Waals surface area (Å²) < 4.78 is 27.2. The SMILES string of the molecule is O=C1NCCN1C(=O)c1c(F)ccc([N+](=O)[O-])c1F. The van der Waals surface area contributed by atoms with Crippen molar-refractivity contribution in [2.24, 2.45) is 0 Å². The van der Waals surface area contributed by atoms with Crippen LogP contribution in [0.2, 0.25) is 0 Å². The normalized spacial score (nSPS) is 14.4. The van der Waals surface area contributed by atoms with E-state index in [4.69, 9.17) is 0 Å². The predicted octanol–water partition coefficient (Wildman–Crippen LogP) is 1.04. The maximum Gasteiger partial charge on any atom is 0.324 e. The molecule has 1 fully saturated rings. The molecule has 9 heteroatoms. The van der Waals surface area contributed by atoms with Crippen LogP contribution >= 0.6 is 0 Å². The lowest BCUT2D eigenvalue weighted by Gasteiger charge is -2.13. The molecule has 100 valence electrons. The Labute approximate surface area is 105 Å². The van der Waals surface area contributed by atoms with E-state index in [0.29, 0.717) is 17.0 Å². The van der Waals surface area contributed by atoms with Crippen molar-refractivity contribution >= 4 is 17.6 Å². The van der Waals surface area contributed by atoms with Gasteiger partial charge in [-0.3, -0.25) is 19.8 Å². The van der Waals surface area contributed by atoms with Gasteiger partial charge in [-0.2, -0.15) is 4.39 Å². The molecule has 1 heterocycles. The summed E-state index contributed by atoms with van der Waals surface area (Å²) in [5.41, 5.74) is -2.13. The van der Waals surface area contributed by atoms with Gasteiger partial charge in [0.25, 0.3) is 5.91 Å². The zero-order chi connectivity index (χ0) is 14.2. The lowest BCUT2D eigenvalue weighted by molar-refractivity contribution is -0.387. The third kappa shape index (κ3) is 2.09. The minimum atomic E-state index is -1.59. The standard InChI is InChI=1S/C10H7F2N3O4/c11-5-1-2-6(15(18)19)8(12)7(5)9(16)14-4-3-13-10(14)17/h1-2H,3-4H2,(H,13,17). The Balaban J connectivity index is 2.49. The molecule has 1 aliphatic heterocycles. The molecule has 0 saturated carbocycles. The number of benzene rings is 1. The number of halogens is 2. The second kappa shape index (κ2) is 4.59. The molecule has 2 rings (SSSR count). The number of nitro benzene ring substituents is 1. The van der Waals surface area contributed by atoms with Crippen molar-refractivity contribution in [3.05, 3.63) is 39.4 Å². The van der Waals surface area contributed by atoms with Crippen LogP contribution in [0.3, 0.4) is 0 Å². The molecular formula is C10H7F2N3O4. The van der Waals surface area contributed by atoms with Crippen LogP contribution in [0.15, 0.2) is 12.1 Å². The first kappa shape index (κ1) is 12.9. The average Bonchev–Trinajstić information content (AvgIpc) is 2.74. The molecule has 7 nitrogen and oxygen atoms in total. The van der Waals surface area contributed by atoms with E-state index in [9.17, 15) is 28.5 Å². The first-order valence-corrected chi connectivity index (χ1v) is 5.15. The van der Waals surface area contributed by atoms with E-state index in [-0.39, 0.29) is 13.1 Å². The number of nitrogens with zero attached hydrogens (tertiary/aromatic N) is 2. The van der Waals surface area contributed by atoms with Gasteiger partial charge < -0.3 is 5.32 Å². The molecule has 0 radical (unpaired) electrons. The quantitative estimate of drug-likeness (QED) is 0.642. The third-order valence-corrected chi connectivity index (χ3v) is 2.58. The van der Waals surface area contributed by atoms with Crippen molar-refractivity contribution in [1.29, 1.82) is 0 Å². The molecule has 1 aromatic carbocycles. The van der Waals surface area contributed by atoms with E-state index in [0.717, 1.165) is 0 Å². The fourth-order valence-electron chi connectivity index (χ4n) is 1.68. The minimum Gasteiger partial charge on any atom is -0.336 e. The number of hydrogen-bond donors (Lipinski definition) is 1. The Morgan fingerprint density at radius 1 is 1.42 bits per heavy atom. The van der Waals surface area contributed by atoms with E-state index in [1.54, 1.807) is 0 Å². The number of nitro groups is 1. The first-order chi connectivity index (χ1) is 8.93. The van der Waals surface area contributed by atoms with Crippen molar-refractivity contribution in [3.63, 3.8) is 0 Å².